The maximum absolute atomic E-state index is 12.7. The topological polar surface area (TPSA) is 89.9 Å². The summed E-state index contributed by atoms with van der Waals surface area (Å²) in [5, 5.41) is 0. The van der Waals surface area contributed by atoms with E-state index in [1.807, 2.05) is 44.2 Å². The van der Waals surface area contributed by atoms with Crippen LogP contribution in [-0.2, 0) is 20.4 Å². The first kappa shape index (κ1) is 37.7. The number of ether oxygens (including phenoxy) is 3. The van der Waals surface area contributed by atoms with E-state index in [-0.39, 0.29) is 19.0 Å². The van der Waals surface area contributed by atoms with Gasteiger partial charge in [-0.25, -0.2) is 4.57 Å². The fourth-order valence-corrected chi connectivity index (χ4v) is 6.09. The number of nitrogens with zero attached hydrogens (tertiary/aromatic N) is 2. The van der Waals surface area contributed by atoms with Gasteiger partial charge in [0.05, 0.1) is 19.9 Å². The van der Waals surface area contributed by atoms with Gasteiger partial charge >= 0.3 is 7.82 Å². The minimum atomic E-state index is -4.38. The summed E-state index contributed by atoms with van der Waals surface area (Å²) >= 11 is 0. The van der Waals surface area contributed by atoms with Gasteiger partial charge in [0.1, 0.15) is 30.0 Å². The molecule has 0 aliphatic carbocycles. The third-order valence-corrected chi connectivity index (χ3v) is 8.94. The van der Waals surface area contributed by atoms with Gasteiger partial charge in [0.15, 0.2) is 0 Å². The molecule has 0 spiro atoms. The zero-order valence-corrected chi connectivity index (χ0v) is 29.4. The van der Waals surface area contributed by atoms with Crippen LogP contribution in [0.25, 0.3) is 0 Å². The molecule has 0 saturated carbocycles. The highest BCUT2D eigenvalue weighted by molar-refractivity contribution is 7.47. The number of phosphoric ester groups is 1. The largest absolute Gasteiger partial charge is 0.527 e. The van der Waals surface area contributed by atoms with Crippen molar-refractivity contribution in [3.63, 3.8) is 0 Å². The predicted molar refractivity (Wildman–Crippen MR) is 184 cm³/mol. The average molecular weight is 661 g/mol. The van der Waals surface area contributed by atoms with E-state index in [1.165, 1.54) is 57.8 Å². The summed E-state index contributed by atoms with van der Waals surface area (Å²) in [5.74, 6) is 1.74. The standard InChI is InChI=1S/C36H57N2O7P/c1-5-8-9-10-11-12-13-14-15-16-26-42-35-18-17-19-36(31(35)4)43-28-34(41-7-3)29-44-46(39,40)45-33-22-20-32(21-23-33)27-38-25-24-37(6-2)30-38/h17-25,34H,5-16,26-30H2,1-4H3,(H,39,40). The van der Waals surface area contributed by atoms with E-state index in [0.717, 1.165) is 43.1 Å². The van der Waals surface area contributed by atoms with E-state index in [2.05, 4.69) is 36.0 Å². The first-order valence-corrected chi connectivity index (χ1v) is 18.7. The Hall–Kier alpha value is -2.71. The van der Waals surface area contributed by atoms with Crippen LogP contribution in [0, 0.1) is 6.92 Å². The molecule has 1 N–H and O–H groups in total. The Morgan fingerprint density at radius 1 is 0.804 bits per heavy atom. The van der Waals surface area contributed by atoms with Gasteiger partial charge < -0.3 is 28.5 Å². The van der Waals surface area contributed by atoms with Crippen molar-refractivity contribution in [2.75, 3.05) is 39.6 Å². The number of hydrogen-bond acceptors (Lipinski definition) is 8. The average Bonchev–Trinajstić information content (AvgIpc) is 3.51. The molecule has 46 heavy (non-hydrogen) atoms. The van der Waals surface area contributed by atoms with Gasteiger partial charge in [-0.15, -0.1) is 0 Å². The van der Waals surface area contributed by atoms with Crippen LogP contribution in [0.4, 0.5) is 0 Å². The van der Waals surface area contributed by atoms with Crippen molar-refractivity contribution in [3.8, 4) is 17.2 Å². The molecular weight excluding hydrogens is 603 g/mol. The number of rotatable bonds is 25. The molecule has 0 amide bonds. The van der Waals surface area contributed by atoms with E-state index in [4.69, 9.17) is 23.3 Å². The van der Waals surface area contributed by atoms with Gasteiger partial charge in [0.2, 0.25) is 0 Å². The lowest BCUT2D eigenvalue weighted by Gasteiger charge is -2.21. The van der Waals surface area contributed by atoms with E-state index >= 15 is 0 Å². The fourth-order valence-electron chi connectivity index (χ4n) is 5.29. The molecule has 2 aromatic rings. The van der Waals surface area contributed by atoms with Gasteiger partial charge in [0, 0.05) is 37.7 Å². The van der Waals surface area contributed by atoms with Crippen molar-refractivity contribution < 1.29 is 32.7 Å². The van der Waals surface area contributed by atoms with Gasteiger partial charge in [-0.05, 0) is 57.0 Å². The van der Waals surface area contributed by atoms with E-state index in [1.54, 1.807) is 12.1 Å². The third kappa shape index (κ3) is 14.4. The van der Waals surface area contributed by atoms with Crippen molar-refractivity contribution >= 4 is 7.82 Å². The van der Waals surface area contributed by atoms with E-state index in [0.29, 0.717) is 19.0 Å². The van der Waals surface area contributed by atoms with Crippen LogP contribution in [0.1, 0.15) is 96.1 Å². The van der Waals surface area contributed by atoms with E-state index < -0.39 is 13.9 Å². The second-order valence-corrected chi connectivity index (χ2v) is 13.3. The summed E-state index contributed by atoms with van der Waals surface area (Å²) in [4.78, 5) is 14.8. The summed E-state index contributed by atoms with van der Waals surface area (Å²) in [7, 11) is -4.38. The smallest absolute Gasteiger partial charge is 0.493 e. The molecule has 9 nitrogen and oxygen atoms in total. The zero-order valence-electron chi connectivity index (χ0n) is 28.5. The molecule has 0 radical (unpaired) electrons. The minimum absolute atomic E-state index is 0.145. The predicted octanol–water partition coefficient (Wildman–Crippen LogP) is 8.84. The lowest BCUT2D eigenvalue weighted by Crippen LogP contribution is -2.27. The zero-order chi connectivity index (χ0) is 33.0. The molecule has 0 bridgehead atoms. The first-order valence-electron chi connectivity index (χ1n) is 17.2. The van der Waals surface area contributed by atoms with Gasteiger partial charge in [-0.3, -0.25) is 9.42 Å². The SMILES string of the molecule is CCCCCCCCCCCCOc1cccc(OCC(COP(=O)(O)Oc2ccc(CN3C=CN(CC)C3)cc2)OCC)c1C. The molecule has 1 aliphatic heterocycles. The molecule has 1 aliphatic rings. The van der Waals surface area contributed by atoms with Crippen LogP contribution in [-0.4, -0.2) is 60.4 Å². The molecule has 2 atom stereocenters. The highest BCUT2D eigenvalue weighted by Gasteiger charge is 2.26. The maximum Gasteiger partial charge on any atom is 0.527 e. The van der Waals surface area contributed by atoms with Crippen molar-refractivity contribution in [1.29, 1.82) is 0 Å². The highest BCUT2D eigenvalue weighted by Crippen LogP contribution is 2.44. The first-order chi connectivity index (χ1) is 22.3. The number of hydrogen-bond donors (Lipinski definition) is 1. The third-order valence-electron chi connectivity index (χ3n) is 8.03. The normalized spacial score (nSPS) is 14.8. The Kier molecular flexibility index (Phi) is 17.4. The summed E-state index contributed by atoms with van der Waals surface area (Å²) in [6, 6.07) is 12.9. The molecule has 0 fully saturated rings. The van der Waals surface area contributed by atoms with Crippen molar-refractivity contribution in [2.24, 2.45) is 0 Å². The summed E-state index contributed by atoms with van der Waals surface area (Å²) in [6.45, 7) is 11.8. The van der Waals surface area contributed by atoms with Crippen LogP contribution >= 0.6 is 7.82 Å². The maximum atomic E-state index is 12.7. The lowest BCUT2D eigenvalue weighted by atomic mass is 10.1. The Bertz CT molecular complexity index is 1190. The second-order valence-electron chi connectivity index (χ2n) is 11.9. The van der Waals surface area contributed by atoms with Crippen molar-refractivity contribution in [1.82, 2.24) is 9.80 Å². The molecule has 2 aromatic carbocycles. The Balaban J connectivity index is 1.37. The Morgan fingerprint density at radius 2 is 1.43 bits per heavy atom. The molecule has 2 unspecified atom stereocenters. The monoisotopic (exact) mass is 660 g/mol. The summed E-state index contributed by atoms with van der Waals surface area (Å²) in [5.41, 5.74) is 1.98. The molecular formula is C36H57N2O7P. The Morgan fingerprint density at radius 3 is 2.07 bits per heavy atom. The quantitative estimate of drug-likeness (QED) is 0.0829. The molecule has 258 valence electrons. The molecule has 1 heterocycles. The Labute approximate surface area is 277 Å². The number of unbranched alkanes of at least 4 members (excludes halogenated alkanes) is 9. The summed E-state index contributed by atoms with van der Waals surface area (Å²) in [6.07, 6.45) is 16.4. The van der Waals surface area contributed by atoms with Gasteiger partial charge in [-0.2, -0.15) is 0 Å². The number of benzene rings is 2. The second kappa shape index (κ2) is 21.2. The fraction of sp³-hybridized carbons (Fsp3) is 0.611. The molecule has 0 aromatic heterocycles. The van der Waals surface area contributed by atoms with Crippen LogP contribution in [0.3, 0.4) is 0 Å². The molecule has 0 saturated heterocycles. The van der Waals surface area contributed by atoms with Crippen molar-refractivity contribution in [3.05, 3.63) is 66.0 Å². The van der Waals surface area contributed by atoms with Crippen LogP contribution in [0.15, 0.2) is 54.9 Å². The number of phosphoric acid groups is 1. The molecule has 3 rings (SSSR count). The van der Waals surface area contributed by atoms with Gasteiger partial charge in [-0.1, -0.05) is 82.9 Å². The minimum Gasteiger partial charge on any atom is -0.493 e. The molecule has 10 heteroatoms. The highest BCUT2D eigenvalue weighted by atomic mass is 31.2. The van der Waals surface area contributed by atoms with Gasteiger partial charge in [0.25, 0.3) is 0 Å². The van der Waals surface area contributed by atoms with Crippen LogP contribution < -0.4 is 14.0 Å². The van der Waals surface area contributed by atoms with Crippen LogP contribution in [0.5, 0.6) is 17.2 Å². The van der Waals surface area contributed by atoms with Crippen molar-refractivity contribution in [2.45, 2.75) is 105 Å². The lowest BCUT2D eigenvalue weighted by molar-refractivity contribution is -0.00727. The van der Waals surface area contributed by atoms with E-state index in [9.17, 15) is 9.46 Å². The summed E-state index contributed by atoms with van der Waals surface area (Å²) < 4.78 is 41.2. The van der Waals surface area contributed by atoms with Crippen LogP contribution in [0.2, 0.25) is 0 Å².